The molecule has 0 bridgehead atoms. The van der Waals surface area contributed by atoms with E-state index in [1.165, 1.54) is 0 Å². The minimum Gasteiger partial charge on any atom is -0.505 e. The van der Waals surface area contributed by atoms with E-state index in [-0.39, 0.29) is 11.8 Å². The van der Waals surface area contributed by atoms with Gasteiger partial charge in [-0.2, -0.15) is 15.6 Å². The molecule has 1 heterocycles. The maximum absolute atomic E-state index is 11.2. The Labute approximate surface area is 202 Å². The van der Waals surface area contributed by atoms with Gasteiger partial charge in [-0.15, -0.1) is 0 Å². The number of hydrogen-bond acceptors (Lipinski definition) is 6. The van der Waals surface area contributed by atoms with Crippen LogP contribution in [0.2, 0.25) is 51.9 Å². The highest BCUT2D eigenvalue weighted by molar-refractivity contribution is 6.87. The van der Waals surface area contributed by atoms with Crippen molar-refractivity contribution in [2.75, 3.05) is 5.12 Å². The summed E-state index contributed by atoms with van der Waals surface area (Å²) in [5, 5.41) is 17.6. The van der Waals surface area contributed by atoms with E-state index in [1.807, 2.05) is 24.3 Å². The number of anilines is 1. The lowest BCUT2D eigenvalue weighted by molar-refractivity contribution is 0.368. The van der Waals surface area contributed by atoms with Crippen LogP contribution in [0, 0.1) is 12.8 Å². The number of hydrogen-bond donors (Lipinski definition) is 2. The van der Waals surface area contributed by atoms with Crippen LogP contribution in [0.4, 0.5) is 5.69 Å². The number of hydrazine groups is 1. The zero-order valence-electron chi connectivity index (χ0n) is 21.7. The fraction of sp³-hybridized carbons (Fsp3) is 0.542. The van der Waals surface area contributed by atoms with Crippen molar-refractivity contribution in [2.45, 2.75) is 78.2 Å². The molecule has 1 aromatic carbocycles. The van der Waals surface area contributed by atoms with E-state index in [0.29, 0.717) is 11.6 Å². The number of phenolic OH excluding ortho intramolecular Hbond substituents is 1. The van der Waals surface area contributed by atoms with Crippen LogP contribution in [0.1, 0.15) is 18.1 Å². The van der Waals surface area contributed by atoms with Crippen molar-refractivity contribution < 1.29 is 13.3 Å². The summed E-state index contributed by atoms with van der Waals surface area (Å²) in [7, 11) is -5.84. The Bertz CT molecular complexity index is 948. The number of benzene rings is 1. The standard InChI is InChI=1S/C24H41N3O3Si3/c1-18-14-20(15-19(2)17-33(9,29-31(3,4)5)30-32(6,7)8)24(28)23(16-18)27-25-21-12-10-11-13-22(21)26-27/h10-14,16,19,21,25,28H,15,17H2,1-9H3. The normalized spacial score (nSPS) is 19.6. The molecule has 2 unspecified atom stereocenters. The Kier molecular flexibility index (Phi) is 7.62. The molecule has 0 saturated carbocycles. The summed E-state index contributed by atoms with van der Waals surface area (Å²) in [6.45, 7) is 20.0. The molecule has 0 radical (unpaired) electrons. The van der Waals surface area contributed by atoms with Crippen LogP contribution < -0.4 is 10.5 Å². The first-order valence-corrected chi connectivity index (χ1v) is 21.2. The molecule has 6 nitrogen and oxygen atoms in total. The SMILES string of the molecule is Cc1cc(CC(C)C[Si](C)(O[Si](C)(C)C)O[Si](C)(C)C)c(O)c(N2N=C3C=CC=CC3N2)c1. The molecule has 2 aliphatic rings. The van der Waals surface area contributed by atoms with Crippen molar-refractivity contribution in [3.63, 3.8) is 0 Å². The van der Waals surface area contributed by atoms with Gasteiger partial charge in [-0.25, -0.2) is 0 Å². The first kappa shape index (κ1) is 26.1. The van der Waals surface area contributed by atoms with E-state index < -0.39 is 25.2 Å². The largest absolute Gasteiger partial charge is 0.505 e. The number of fused-ring (bicyclic) bond motifs is 1. The smallest absolute Gasteiger partial charge is 0.314 e. The second-order valence-corrected chi connectivity index (χ2v) is 24.3. The van der Waals surface area contributed by atoms with Gasteiger partial charge in [0.15, 0.2) is 16.6 Å². The van der Waals surface area contributed by atoms with Crippen LogP contribution in [0.25, 0.3) is 0 Å². The number of phenols is 1. The monoisotopic (exact) mass is 503 g/mol. The third-order valence-electron chi connectivity index (χ3n) is 5.35. The molecule has 182 valence electrons. The third-order valence-corrected chi connectivity index (χ3v) is 15.1. The van der Waals surface area contributed by atoms with E-state index >= 15 is 0 Å². The van der Waals surface area contributed by atoms with Gasteiger partial charge in [-0.05, 0) is 94.4 Å². The fourth-order valence-corrected chi connectivity index (χ4v) is 17.7. The second kappa shape index (κ2) is 9.63. The maximum atomic E-state index is 11.2. The van der Waals surface area contributed by atoms with Crippen molar-refractivity contribution in [3.05, 3.63) is 47.6 Å². The van der Waals surface area contributed by atoms with E-state index in [4.69, 9.17) is 8.23 Å². The van der Waals surface area contributed by atoms with Crippen LogP contribution in [0.3, 0.4) is 0 Å². The molecule has 2 atom stereocenters. The summed E-state index contributed by atoms with van der Waals surface area (Å²) in [5.41, 5.74) is 7.04. The van der Waals surface area contributed by atoms with Gasteiger partial charge < -0.3 is 13.3 Å². The zero-order chi connectivity index (χ0) is 24.6. The average Bonchev–Trinajstić information content (AvgIpc) is 3.04. The van der Waals surface area contributed by atoms with Gasteiger partial charge in [-0.1, -0.05) is 31.2 Å². The van der Waals surface area contributed by atoms with Crippen molar-refractivity contribution >= 4 is 36.6 Å². The predicted molar refractivity (Wildman–Crippen MR) is 146 cm³/mol. The lowest BCUT2D eigenvalue weighted by Crippen LogP contribution is -2.53. The molecule has 0 aromatic heterocycles. The molecule has 0 fully saturated rings. The van der Waals surface area contributed by atoms with Gasteiger partial charge in [0.1, 0.15) is 11.4 Å². The number of aromatic hydroxyl groups is 1. The van der Waals surface area contributed by atoms with Crippen molar-refractivity contribution in [1.29, 1.82) is 0 Å². The van der Waals surface area contributed by atoms with Crippen LogP contribution in [-0.4, -0.2) is 42.1 Å². The van der Waals surface area contributed by atoms with Gasteiger partial charge in [0.25, 0.3) is 0 Å². The minimum absolute atomic E-state index is 0.0430. The average molecular weight is 504 g/mol. The molecule has 0 spiro atoms. The molecule has 0 amide bonds. The summed E-state index contributed by atoms with van der Waals surface area (Å²) in [5.74, 6) is 0.609. The molecular formula is C24H41N3O3Si3. The number of allylic oxidation sites excluding steroid dienone is 2. The molecular weight excluding hydrogens is 463 g/mol. The first-order valence-electron chi connectivity index (χ1n) is 11.9. The molecule has 0 saturated heterocycles. The molecule has 9 heteroatoms. The Hall–Kier alpha value is -1.50. The third kappa shape index (κ3) is 7.24. The minimum atomic E-state index is -2.35. The number of rotatable bonds is 9. The number of nitrogens with zero attached hydrogens (tertiary/aromatic N) is 2. The van der Waals surface area contributed by atoms with Crippen molar-refractivity contribution in [2.24, 2.45) is 11.0 Å². The second-order valence-electron chi connectivity index (χ2n) is 11.6. The molecule has 33 heavy (non-hydrogen) atoms. The predicted octanol–water partition coefficient (Wildman–Crippen LogP) is 5.83. The molecule has 2 N–H and O–H groups in total. The van der Waals surface area contributed by atoms with Gasteiger partial charge in [0.05, 0.1) is 11.8 Å². The van der Waals surface area contributed by atoms with Crippen LogP contribution >= 0.6 is 0 Å². The van der Waals surface area contributed by atoms with Crippen molar-refractivity contribution in [1.82, 2.24) is 5.43 Å². The van der Waals surface area contributed by atoms with Gasteiger partial charge in [0.2, 0.25) is 0 Å². The van der Waals surface area contributed by atoms with E-state index in [0.717, 1.165) is 29.3 Å². The summed E-state index contributed by atoms with van der Waals surface area (Å²) in [4.78, 5) is 0. The molecule has 1 aliphatic carbocycles. The molecule has 1 aliphatic heterocycles. The lowest BCUT2D eigenvalue weighted by atomic mass is 9.99. The van der Waals surface area contributed by atoms with E-state index in [9.17, 15) is 5.11 Å². The molecule has 1 aromatic rings. The lowest BCUT2D eigenvalue weighted by Gasteiger charge is -2.39. The fourth-order valence-electron chi connectivity index (χ4n) is 4.77. The Morgan fingerprint density at radius 2 is 1.70 bits per heavy atom. The number of aryl methyl sites for hydroxylation is 1. The van der Waals surface area contributed by atoms with Gasteiger partial charge in [0, 0.05) is 0 Å². The summed E-state index contributed by atoms with van der Waals surface area (Å²) < 4.78 is 13.4. The first-order chi connectivity index (χ1) is 15.1. The van der Waals surface area contributed by atoms with Crippen LogP contribution in [-0.2, 0) is 14.7 Å². The highest BCUT2D eigenvalue weighted by Crippen LogP contribution is 2.37. The van der Waals surface area contributed by atoms with Crippen LogP contribution in [0.5, 0.6) is 5.75 Å². The highest BCUT2D eigenvalue weighted by Gasteiger charge is 2.41. The Morgan fingerprint density at radius 3 is 2.27 bits per heavy atom. The quantitative estimate of drug-likeness (QED) is 0.415. The number of hydrazone groups is 1. The topological polar surface area (TPSA) is 66.3 Å². The van der Waals surface area contributed by atoms with E-state index in [2.05, 4.69) is 82.3 Å². The van der Waals surface area contributed by atoms with Crippen LogP contribution in [0.15, 0.2) is 41.5 Å². The van der Waals surface area contributed by atoms with Crippen molar-refractivity contribution in [3.8, 4) is 5.75 Å². The maximum Gasteiger partial charge on any atom is 0.314 e. The highest BCUT2D eigenvalue weighted by atomic mass is 28.5. The van der Waals surface area contributed by atoms with E-state index in [1.54, 1.807) is 5.12 Å². The van der Waals surface area contributed by atoms with Gasteiger partial charge in [-0.3, -0.25) is 0 Å². The molecule has 3 rings (SSSR count). The Balaban J connectivity index is 1.80. The summed E-state index contributed by atoms with van der Waals surface area (Å²) in [6, 6.07) is 5.02. The van der Waals surface area contributed by atoms with Gasteiger partial charge >= 0.3 is 8.56 Å². The zero-order valence-corrected chi connectivity index (χ0v) is 24.7. The Morgan fingerprint density at radius 1 is 1.06 bits per heavy atom. The number of nitrogens with one attached hydrogen (secondary N) is 1. The summed E-state index contributed by atoms with van der Waals surface area (Å²) in [6.07, 6.45) is 8.82. The summed E-state index contributed by atoms with van der Waals surface area (Å²) >= 11 is 0.